The van der Waals surface area contributed by atoms with Gasteiger partial charge in [-0.25, -0.2) is 0 Å². The van der Waals surface area contributed by atoms with Gasteiger partial charge in [0.25, 0.3) is 5.91 Å². The van der Waals surface area contributed by atoms with Crippen LogP contribution in [0.1, 0.15) is 76.7 Å². The lowest BCUT2D eigenvalue weighted by molar-refractivity contribution is 0.0291. The Bertz CT molecular complexity index is 884. The second-order valence-electron chi connectivity index (χ2n) is 10.2. The first kappa shape index (κ1) is 21.3. The first-order valence-corrected chi connectivity index (χ1v) is 11.9. The summed E-state index contributed by atoms with van der Waals surface area (Å²) in [6, 6.07) is 7.91. The maximum atomic E-state index is 13.9. The van der Waals surface area contributed by atoms with Crippen molar-refractivity contribution in [3.05, 3.63) is 30.0 Å². The van der Waals surface area contributed by atoms with E-state index in [4.69, 9.17) is 4.74 Å². The Morgan fingerprint density at radius 3 is 2.43 bits per heavy atom. The number of aromatic amines is 1. The number of hydrogen-bond acceptors (Lipinski definition) is 2. The number of benzene rings is 1. The second kappa shape index (κ2) is 8.28. The SMILES string of the molecule is COc1cccc2[nH]c(C(=O)N3CC(C4CCCCC4)CC3(C(C)C)C(C)C)cc12. The van der Waals surface area contributed by atoms with Crippen LogP contribution in [-0.2, 0) is 0 Å². The molecule has 0 bridgehead atoms. The highest BCUT2D eigenvalue weighted by Gasteiger charge is 2.53. The van der Waals surface area contributed by atoms with Crippen molar-refractivity contribution in [3.63, 3.8) is 0 Å². The van der Waals surface area contributed by atoms with Gasteiger partial charge in [0.1, 0.15) is 11.4 Å². The zero-order chi connectivity index (χ0) is 21.5. The number of carbonyl (C=O) groups excluding carboxylic acids is 1. The van der Waals surface area contributed by atoms with E-state index in [-0.39, 0.29) is 11.4 Å². The molecule has 1 aromatic heterocycles. The zero-order valence-electron chi connectivity index (χ0n) is 19.3. The molecular formula is C26H38N2O2. The van der Waals surface area contributed by atoms with Gasteiger partial charge in [-0.15, -0.1) is 0 Å². The van der Waals surface area contributed by atoms with E-state index >= 15 is 0 Å². The molecule has 0 radical (unpaired) electrons. The van der Waals surface area contributed by atoms with Crippen molar-refractivity contribution in [1.29, 1.82) is 0 Å². The molecule has 1 atom stereocenters. The van der Waals surface area contributed by atoms with E-state index in [9.17, 15) is 4.79 Å². The van der Waals surface area contributed by atoms with E-state index in [1.165, 1.54) is 32.1 Å². The molecule has 2 heterocycles. The minimum absolute atomic E-state index is 0.0828. The van der Waals surface area contributed by atoms with Crippen molar-refractivity contribution in [2.75, 3.05) is 13.7 Å². The molecule has 30 heavy (non-hydrogen) atoms. The lowest BCUT2D eigenvalue weighted by atomic mass is 9.70. The average molecular weight is 411 g/mol. The minimum Gasteiger partial charge on any atom is -0.496 e. The number of likely N-dealkylation sites (tertiary alicyclic amines) is 1. The molecule has 4 rings (SSSR count). The molecule has 1 unspecified atom stereocenters. The van der Waals surface area contributed by atoms with Crippen LogP contribution in [0.25, 0.3) is 10.9 Å². The summed E-state index contributed by atoms with van der Waals surface area (Å²) < 4.78 is 5.51. The molecule has 2 aromatic rings. The van der Waals surface area contributed by atoms with Crippen LogP contribution in [-0.4, -0.2) is 35.0 Å². The zero-order valence-corrected chi connectivity index (χ0v) is 19.3. The van der Waals surface area contributed by atoms with E-state index in [2.05, 4.69) is 37.6 Å². The summed E-state index contributed by atoms with van der Waals surface area (Å²) in [7, 11) is 1.68. The Balaban J connectivity index is 1.71. The molecule has 2 fully saturated rings. The van der Waals surface area contributed by atoms with Gasteiger partial charge >= 0.3 is 0 Å². The summed E-state index contributed by atoms with van der Waals surface area (Å²) in [6.07, 6.45) is 7.90. The molecule has 4 nitrogen and oxygen atoms in total. The summed E-state index contributed by atoms with van der Waals surface area (Å²) in [5, 5.41) is 0.978. The van der Waals surface area contributed by atoms with Gasteiger partial charge in [-0.3, -0.25) is 4.79 Å². The Morgan fingerprint density at radius 1 is 1.10 bits per heavy atom. The van der Waals surface area contributed by atoms with E-state index < -0.39 is 0 Å². The van der Waals surface area contributed by atoms with Crippen LogP contribution in [0.5, 0.6) is 5.75 Å². The molecule has 1 aliphatic heterocycles. The van der Waals surface area contributed by atoms with Gasteiger partial charge in [-0.1, -0.05) is 65.9 Å². The van der Waals surface area contributed by atoms with Crippen LogP contribution in [0.2, 0.25) is 0 Å². The fourth-order valence-corrected chi connectivity index (χ4v) is 6.52. The van der Waals surface area contributed by atoms with Crippen LogP contribution in [0.4, 0.5) is 0 Å². The summed E-state index contributed by atoms with van der Waals surface area (Å²) in [6.45, 7) is 10.1. The highest BCUT2D eigenvalue weighted by Crippen LogP contribution is 2.49. The Morgan fingerprint density at radius 2 is 1.80 bits per heavy atom. The summed E-state index contributed by atoms with van der Waals surface area (Å²) in [5.41, 5.74) is 1.56. The number of nitrogens with zero attached hydrogens (tertiary/aromatic N) is 1. The third kappa shape index (κ3) is 3.42. The lowest BCUT2D eigenvalue weighted by Gasteiger charge is -2.45. The lowest BCUT2D eigenvalue weighted by Crippen LogP contribution is -2.54. The van der Waals surface area contributed by atoms with Gasteiger partial charge in [-0.05, 0) is 48.3 Å². The molecule has 1 aromatic carbocycles. The fourth-order valence-electron chi connectivity index (χ4n) is 6.52. The molecule has 2 aliphatic rings. The maximum Gasteiger partial charge on any atom is 0.270 e. The predicted octanol–water partition coefficient (Wildman–Crippen LogP) is 6.27. The van der Waals surface area contributed by atoms with Crippen molar-refractivity contribution in [3.8, 4) is 5.75 Å². The quantitative estimate of drug-likeness (QED) is 0.631. The van der Waals surface area contributed by atoms with Crippen molar-refractivity contribution in [2.45, 2.75) is 71.8 Å². The third-order valence-corrected chi connectivity index (χ3v) is 8.14. The number of amides is 1. The highest BCUT2D eigenvalue weighted by molar-refractivity contribution is 6.00. The van der Waals surface area contributed by atoms with Crippen molar-refractivity contribution >= 4 is 16.8 Å². The number of fused-ring (bicyclic) bond motifs is 1. The van der Waals surface area contributed by atoms with Crippen LogP contribution in [0.15, 0.2) is 24.3 Å². The van der Waals surface area contributed by atoms with Crippen LogP contribution >= 0.6 is 0 Å². The van der Waals surface area contributed by atoms with Crippen molar-refractivity contribution in [2.24, 2.45) is 23.7 Å². The minimum atomic E-state index is -0.0828. The summed E-state index contributed by atoms with van der Waals surface area (Å²) in [5.74, 6) is 3.20. The molecule has 1 amide bonds. The normalized spacial score (nSPS) is 22.4. The standard InChI is InChI=1S/C26H38N2O2/c1-17(2)26(18(3)4)15-20(19-10-7-6-8-11-19)16-28(26)25(29)23-14-21-22(27-23)12-9-13-24(21)30-5/h9,12-14,17-20,27H,6-8,10-11,15-16H2,1-5H3. The molecular weight excluding hydrogens is 372 g/mol. The number of H-pyrrole nitrogens is 1. The number of carbonyl (C=O) groups is 1. The largest absolute Gasteiger partial charge is 0.496 e. The van der Waals surface area contributed by atoms with Crippen molar-refractivity contribution < 1.29 is 9.53 Å². The molecule has 164 valence electrons. The average Bonchev–Trinajstić information content (AvgIpc) is 3.36. The van der Waals surface area contributed by atoms with Gasteiger partial charge in [0, 0.05) is 23.0 Å². The smallest absolute Gasteiger partial charge is 0.270 e. The van der Waals surface area contributed by atoms with E-state index in [1.807, 2.05) is 24.3 Å². The van der Waals surface area contributed by atoms with Gasteiger partial charge in [0.2, 0.25) is 0 Å². The first-order valence-electron chi connectivity index (χ1n) is 11.9. The summed E-state index contributed by atoms with van der Waals surface area (Å²) in [4.78, 5) is 19.6. The monoisotopic (exact) mass is 410 g/mol. The van der Waals surface area contributed by atoms with Gasteiger partial charge in [-0.2, -0.15) is 0 Å². The number of methoxy groups -OCH3 is 1. The highest BCUT2D eigenvalue weighted by atomic mass is 16.5. The molecule has 4 heteroatoms. The molecule has 0 spiro atoms. The van der Waals surface area contributed by atoms with E-state index in [0.717, 1.165) is 35.5 Å². The number of ether oxygens (including phenoxy) is 1. The Hall–Kier alpha value is -1.97. The van der Waals surface area contributed by atoms with E-state index in [1.54, 1.807) is 7.11 Å². The number of hydrogen-bond donors (Lipinski definition) is 1. The van der Waals surface area contributed by atoms with Crippen molar-refractivity contribution in [1.82, 2.24) is 9.88 Å². The maximum absolute atomic E-state index is 13.9. The van der Waals surface area contributed by atoms with Gasteiger partial charge in [0.05, 0.1) is 7.11 Å². The molecule has 1 N–H and O–H groups in total. The number of aromatic nitrogens is 1. The number of nitrogens with one attached hydrogen (secondary N) is 1. The van der Waals surface area contributed by atoms with Crippen LogP contribution < -0.4 is 4.74 Å². The Labute approximate surface area is 181 Å². The second-order valence-corrected chi connectivity index (χ2v) is 10.2. The Kier molecular flexibility index (Phi) is 5.87. The van der Waals surface area contributed by atoms with E-state index in [0.29, 0.717) is 23.4 Å². The molecule has 1 saturated carbocycles. The number of rotatable bonds is 5. The molecule has 1 aliphatic carbocycles. The topological polar surface area (TPSA) is 45.3 Å². The molecule has 1 saturated heterocycles. The first-order chi connectivity index (χ1) is 14.4. The van der Waals surface area contributed by atoms with Crippen LogP contribution in [0.3, 0.4) is 0 Å². The predicted molar refractivity (Wildman–Crippen MR) is 123 cm³/mol. The fraction of sp³-hybridized carbons (Fsp3) is 0.654. The third-order valence-electron chi connectivity index (χ3n) is 8.14. The summed E-state index contributed by atoms with van der Waals surface area (Å²) >= 11 is 0. The van der Waals surface area contributed by atoms with Crippen LogP contribution in [0, 0.1) is 23.7 Å². The van der Waals surface area contributed by atoms with Gasteiger partial charge in [0.15, 0.2) is 0 Å². The van der Waals surface area contributed by atoms with Gasteiger partial charge < -0.3 is 14.6 Å².